The Morgan fingerprint density at radius 1 is 1.11 bits per heavy atom. The first-order valence-electron chi connectivity index (χ1n) is 8.37. The monoisotopic (exact) mass is 389 g/mol. The predicted octanol–water partition coefficient (Wildman–Crippen LogP) is 3.76. The Bertz CT molecular complexity index is 855. The zero-order chi connectivity index (χ0) is 20.0. The van der Waals surface area contributed by atoms with Crippen molar-refractivity contribution in [2.75, 3.05) is 26.1 Å². The molecular formula is C19H23N3O4S. The molecule has 2 aromatic rings. The number of nitro groups is 1. The molecule has 0 saturated heterocycles. The van der Waals surface area contributed by atoms with Gasteiger partial charge in [-0.2, -0.15) is 0 Å². The Morgan fingerprint density at radius 3 is 2.37 bits per heavy atom. The van der Waals surface area contributed by atoms with E-state index in [0.717, 1.165) is 5.69 Å². The fraction of sp³-hybridized carbons (Fsp3) is 0.316. The van der Waals surface area contributed by atoms with Crippen molar-refractivity contribution in [1.82, 2.24) is 5.32 Å². The minimum Gasteiger partial charge on any atom is -0.493 e. The van der Waals surface area contributed by atoms with Crippen LogP contribution in [0.5, 0.6) is 11.5 Å². The van der Waals surface area contributed by atoms with Crippen LogP contribution in [0.1, 0.15) is 16.7 Å². The van der Waals surface area contributed by atoms with E-state index in [4.69, 9.17) is 21.7 Å². The summed E-state index contributed by atoms with van der Waals surface area (Å²) in [6.07, 6.45) is 0.408. The van der Waals surface area contributed by atoms with Gasteiger partial charge in [0.25, 0.3) is 5.69 Å². The lowest BCUT2D eigenvalue weighted by Crippen LogP contribution is -2.30. The Hall–Kier alpha value is -2.87. The summed E-state index contributed by atoms with van der Waals surface area (Å²) in [5.41, 5.74) is 3.80. The zero-order valence-electron chi connectivity index (χ0n) is 15.8. The fourth-order valence-corrected chi connectivity index (χ4v) is 2.81. The Labute approximate surface area is 163 Å². The van der Waals surface area contributed by atoms with Crippen molar-refractivity contribution in [2.45, 2.75) is 20.3 Å². The third-order valence-electron chi connectivity index (χ3n) is 4.23. The number of nitrogens with zero attached hydrogens (tertiary/aromatic N) is 1. The Kier molecular flexibility index (Phi) is 6.95. The first-order valence-corrected chi connectivity index (χ1v) is 8.78. The number of hydrogen-bond acceptors (Lipinski definition) is 5. The van der Waals surface area contributed by atoms with Gasteiger partial charge in [-0.1, -0.05) is 6.07 Å². The van der Waals surface area contributed by atoms with Crippen molar-refractivity contribution in [3.63, 3.8) is 0 Å². The van der Waals surface area contributed by atoms with Crippen molar-refractivity contribution in [1.29, 1.82) is 0 Å². The third kappa shape index (κ3) is 5.30. The maximum atomic E-state index is 11.3. The minimum atomic E-state index is -0.428. The third-order valence-corrected chi connectivity index (χ3v) is 4.47. The molecule has 0 atom stereocenters. The maximum Gasteiger partial charge on any atom is 0.276 e. The first kappa shape index (κ1) is 20.4. The van der Waals surface area contributed by atoms with Gasteiger partial charge in [-0.05, 0) is 61.8 Å². The van der Waals surface area contributed by atoms with Gasteiger partial charge in [0, 0.05) is 17.8 Å². The fourth-order valence-electron chi connectivity index (χ4n) is 2.59. The van der Waals surface area contributed by atoms with Crippen LogP contribution >= 0.6 is 12.2 Å². The molecule has 0 amide bonds. The molecule has 8 heteroatoms. The Morgan fingerprint density at radius 2 is 1.78 bits per heavy atom. The number of benzene rings is 2. The number of hydrogen-bond donors (Lipinski definition) is 2. The van der Waals surface area contributed by atoms with Gasteiger partial charge in [-0.3, -0.25) is 10.1 Å². The summed E-state index contributed by atoms with van der Waals surface area (Å²) in [6, 6.07) is 8.99. The van der Waals surface area contributed by atoms with Gasteiger partial charge in [0.15, 0.2) is 16.6 Å². The van der Waals surface area contributed by atoms with E-state index in [-0.39, 0.29) is 5.69 Å². The van der Waals surface area contributed by atoms with Gasteiger partial charge in [0.05, 0.1) is 25.2 Å². The van der Waals surface area contributed by atoms with E-state index >= 15 is 0 Å². The number of rotatable bonds is 7. The molecule has 0 fully saturated rings. The molecular weight excluding hydrogens is 366 g/mol. The van der Waals surface area contributed by atoms with Gasteiger partial charge < -0.3 is 20.1 Å². The van der Waals surface area contributed by atoms with Crippen LogP contribution in [-0.4, -0.2) is 30.8 Å². The van der Waals surface area contributed by atoms with Crippen LogP contribution in [0.4, 0.5) is 11.4 Å². The molecule has 0 bridgehead atoms. The lowest BCUT2D eigenvalue weighted by Gasteiger charge is -2.13. The highest BCUT2D eigenvalue weighted by atomic mass is 32.1. The summed E-state index contributed by atoms with van der Waals surface area (Å²) in [4.78, 5) is 10.9. The molecule has 144 valence electrons. The molecule has 0 unspecified atom stereocenters. The van der Waals surface area contributed by atoms with Crippen molar-refractivity contribution in [3.8, 4) is 11.5 Å². The molecule has 0 aliphatic rings. The predicted molar refractivity (Wildman–Crippen MR) is 110 cm³/mol. The summed E-state index contributed by atoms with van der Waals surface area (Å²) < 4.78 is 10.4. The molecule has 0 spiro atoms. The van der Waals surface area contributed by atoms with Crippen molar-refractivity contribution in [2.24, 2.45) is 0 Å². The van der Waals surface area contributed by atoms with Gasteiger partial charge in [0.1, 0.15) is 0 Å². The number of methoxy groups -OCH3 is 2. The average molecular weight is 389 g/mol. The number of thiocarbonyl (C=S) groups is 1. The van der Waals surface area contributed by atoms with Gasteiger partial charge in [-0.15, -0.1) is 0 Å². The number of nitrogens with one attached hydrogen (secondary N) is 2. The molecule has 0 aromatic heterocycles. The largest absolute Gasteiger partial charge is 0.493 e. The second kappa shape index (κ2) is 9.18. The van der Waals surface area contributed by atoms with Gasteiger partial charge in [0.2, 0.25) is 0 Å². The van der Waals surface area contributed by atoms with E-state index in [1.165, 1.54) is 31.4 Å². The standard InChI is InChI=1S/C19H23N3O4S/c1-12-5-6-15(9-13(12)2)21-19(27)20-8-7-14-10-17(25-3)18(26-4)11-16(14)22(23)24/h5-6,9-11H,7-8H2,1-4H3,(H2,20,21,27). The first-order chi connectivity index (χ1) is 12.8. The Balaban J connectivity index is 2.02. The maximum absolute atomic E-state index is 11.3. The molecule has 2 rings (SSSR count). The van der Waals surface area contributed by atoms with E-state index in [1.54, 1.807) is 6.07 Å². The molecule has 0 radical (unpaired) electrons. The number of anilines is 1. The zero-order valence-corrected chi connectivity index (χ0v) is 16.6. The van der Waals surface area contributed by atoms with Crippen LogP contribution in [0, 0.1) is 24.0 Å². The molecule has 2 aromatic carbocycles. The highest BCUT2D eigenvalue weighted by Gasteiger charge is 2.19. The molecule has 0 aliphatic carbocycles. The summed E-state index contributed by atoms with van der Waals surface area (Å²) in [5, 5.41) is 18.0. The van der Waals surface area contributed by atoms with E-state index in [1.807, 2.05) is 32.0 Å². The number of ether oxygens (including phenoxy) is 2. The van der Waals surface area contributed by atoms with E-state index in [0.29, 0.717) is 35.1 Å². The van der Waals surface area contributed by atoms with E-state index in [9.17, 15) is 10.1 Å². The second-order valence-corrected chi connectivity index (χ2v) is 6.43. The van der Waals surface area contributed by atoms with Crippen LogP contribution < -0.4 is 20.1 Å². The smallest absolute Gasteiger partial charge is 0.276 e. The normalized spacial score (nSPS) is 10.2. The van der Waals surface area contributed by atoms with E-state index < -0.39 is 4.92 Å². The summed E-state index contributed by atoms with van der Waals surface area (Å²) in [6.45, 7) is 4.52. The van der Waals surface area contributed by atoms with Crippen LogP contribution in [0.3, 0.4) is 0 Å². The van der Waals surface area contributed by atoms with Crippen LogP contribution in [-0.2, 0) is 6.42 Å². The quantitative estimate of drug-likeness (QED) is 0.424. The topological polar surface area (TPSA) is 85.7 Å². The summed E-state index contributed by atoms with van der Waals surface area (Å²) >= 11 is 5.30. The van der Waals surface area contributed by atoms with Crippen LogP contribution in [0.2, 0.25) is 0 Å². The number of aryl methyl sites for hydroxylation is 2. The van der Waals surface area contributed by atoms with Gasteiger partial charge in [-0.25, -0.2) is 0 Å². The molecule has 2 N–H and O–H groups in total. The minimum absolute atomic E-state index is 0.0116. The summed E-state index contributed by atoms with van der Waals surface area (Å²) in [5.74, 6) is 0.779. The van der Waals surface area contributed by atoms with Crippen molar-refractivity contribution in [3.05, 3.63) is 57.1 Å². The highest BCUT2D eigenvalue weighted by molar-refractivity contribution is 7.80. The number of nitro benzene ring substituents is 1. The SMILES string of the molecule is COc1cc(CCNC(=S)Nc2ccc(C)c(C)c2)c([N+](=O)[O-])cc1OC. The summed E-state index contributed by atoms with van der Waals surface area (Å²) in [7, 11) is 2.94. The molecule has 0 saturated carbocycles. The molecule has 0 heterocycles. The lowest BCUT2D eigenvalue weighted by molar-refractivity contribution is -0.385. The van der Waals surface area contributed by atoms with Crippen molar-refractivity contribution >= 4 is 28.7 Å². The molecule has 0 aliphatic heterocycles. The van der Waals surface area contributed by atoms with Gasteiger partial charge >= 0.3 is 0 Å². The molecule has 27 heavy (non-hydrogen) atoms. The average Bonchev–Trinajstić information content (AvgIpc) is 2.64. The molecule has 7 nitrogen and oxygen atoms in total. The van der Waals surface area contributed by atoms with Crippen LogP contribution in [0.15, 0.2) is 30.3 Å². The van der Waals surface area contributed by atoms with Crippen molar-refractivity contribution < 1.29 is 14.4 Å². The lowest BCUT2D eigenvalue weighted by atomic mass is 10.1. The highest BCUT2D eigenvalue weighted by Crippen LogP contribution is 2.34. The van der Waals surface area contributed by atoms with Crippen LogP contribution in [0.25, 0.3) is 0 Å². The second-order valence-electron chi connectivity index (χ2n) is 6.02. The van der Waals surface area contributed by atoms with E-state index in [2.05, 4.69) is 10.6 Å².